The number of ether oxygens (including phenoxy) is 4. The van der Waals surface area contributed by atoms with Gasteiger partial charge in [0, 0.05) is 25.7 Å². The van der Waals surface area contributed by atoms with Gasteiger partial charge < -0.3 is 33.8 Å². The summed E-state index contributed by atoms with van der Waals surface area (Å²) in [5.41, 5.74) is 0. The van der Waals surface area contributed by atoms with Crippen molar-refractivity contribution >= 4 is 39.5 Å². The Hall–Kier alpha value is -2.98. The van der Waals surface area contributed by atoms with Crippen molar-refractivity contribution in [2.45, 2.75) is 406 Å². The zero-order valence-electron chi connectivity index (χ0n) is 64.1. The maximum Gasteiger partial charge on any atom is 0.472 e. The number of aliphatic hydroxyl groups excluding tert-OH is 1. The summed E-state index contributed by atoms with van der Waals surface area (Å²) in [4.78, 5) is 73.0. The van der Waals surface area contributed by atoms with Crippen molar-refractivity contribution in [1.82, 2.24) is 0 Å². The second kappa shape index (κ2) is 74.3. The molecule has 19 heteroatoms. The molecule has 0 amide bonds. The van der Waals surface area contributed by atoms with Crippen LogP contribution in [0.4, 0.5) is 0 Å². The van der Waals surface area contributed by atoms with E-state index in [1.54, 1.807) is 0 Å². The summed E-state index contributed by atoms with van der Waals surface area (Å²) in [5, 5.41) is 10.6. The van der Waals surface area contributed by atoms with Crippen molar-refractivity contribution in [2.75, 3.05) is 39.6 Å². The van der Waals surface area contributed by atoms with E-state index in [0.717, 1.165) is 141 Å². The van der Waals surface area contributed by atoms with Gasteiger partial charge in [-0.3, -0.25) is 37.3 Å². The Balaban J connectivity index is 5.32. The van der Waals surface area contributed by atoms with Crippen LogP contribution in [0.3, 0.4) is 0 Å². The van der Waals surface area contributed by atoms with Crippen LogP contribution in [0.5, 0.6) is 0 Å². The molecular weight excluding hydrogens is 1310 g/mol. The lowest BCUT2D eigenvalue weighted by molar-refractivity contribution is -0.161. The molecule has 0 radical (unpaired) electrons. The Morgan fingerprint density at radius 2 is 0.520 bits per heavy atom. The van der Waals surface area contributed by atoms with Gasteiger partial charge in [0.25, 0.3) is 0 Å². The number of phosphoric acid groups is 2. The predicted octanol–water partition coefficient (Wildman–Crippen LogP) is 23.7. The molecule has 586 valence electrons. The Morgan fingerprint density at radius 1 is 0.290 bits per heavy atom. The zero-order chi connectivity index (χ0) is 73.2. The zero-order valence-corrected chi connectivity index (χ0v) is 65.9. The van der Waals surface area contributed by atoms with Gasteiger partial charge >= 0.3 is 39.5 Å². The first-order valence-electron chi connectivity index (χ1n) is 40.9. The summed E-state index contributed by atoms with van der Waals surface area (Å²) in [6.07, 6.45) is 72.2. The highest BCUT2D eigenvalue weighted by Crippen LogP contribution is 2.45. The van der Waals surface area contributed by atoms with Gasteiger partial charge in [-0.2, -0.15) is 0 Å². The van der Waals surface area contributed by atoms with E-state index in [1.807, 2.05) is 0 Å². The summed E-state index contributed by atoms with van der Waals surface area (Å²) in [7, 11) is -9.94. The third kappa shape index (κ3) is 73.3. The number of unbranched alkanes of at least 4 members (excludes halogenated alkanes) is 44. The molecule has 0 aromatic heterocycles. The van der Waals surface area contributed by atoms with E-state index in [9.17, 15) is 43.2 Å². The fourth-order valence-corrected chi connectivity index (χ4v) is 13.2. The average Bonchev–Trinajstić information content (AvgIpc) is 1.01. The summed E-state index contributed by atoms with van der Waals surface area (Å²) < 4.78 is 68.7. The van der Waals surface area contributed by atoms with E-state index in [4.69, 9.17) is 37.0 Å². The molecule has 0 bridgehead atoms. The van der Waals surface area contributed by atoms with Gasteiger partial charge in [-0.25, -0.2) is 9.13 Å². The molecular formula is C81H150O17P2. The van der Waals surface area contributed by atoms with Crippen molar-refractivity contribution in [3.8, 4) is 0 Å². The first-order chi connectivity index (χ1) is 48.7. The van der Waals surface area contributed by atoms with Gasteiger partial charge in [0.05, 0.1) is 26.4 Å². The third-order valence-electron chi connectivity index (χ3n) is 17.8. The summed E-state index contributed by atoms with van der Waals surface area (Å²) in [5.74, 6) is -2.16. The van der Waals surface area contributed by atoms with Crippen LogP contribution >= 0.6 is 15.6 Å². The monoisotopic (exact) mass is 1460 g/mol. The van der Waals surface area contributed by atoms with E-state index in [1.165, 1.54) is 167 Å². The fraction of sp³-hybridized carbons (Fsp3) is 0.852. The van der Waals surface area contributed by atoms with E-state index in [-0.39, 0.29) is 25.7 Å². The number of allylic oxidation sites excluding steroid dienone is 8. The van der Waals surface area contributed by atoms with Gasteiger partial charge in [-0.15, -0.1) is 0 Å². The van der Waals surface area contributed by atoms with E-state index in [0.29, 0.717) is 25.7 Å². The van der Waals surface area contributed by atoms with Crippen LogP contribution in [0.25, 0.3) is 0 Å². The minimum absolute atomic E-state index is 0.0987. The molecule has 0 saturated carbocycles. The van der Waals surface area contributed by atoms with Gasteiger partial charge in [0.1, 0.15) is 19.3 Å². The maximum absolute atomic E-state index is 13.1. The van der Waals surface area contributed by atoms with Gasteiger partial charge in [0.2, 0.25) is 0 Å². The van der Waals surface area contributed by atoms with Crippen LogP contribution in [0, 0.1) is 0 Å². The molecule has 0 heterocycles. The molecule has 0 spiro atoms. The molecule has 5 unspecified atom stereocenters. The number of esters is 4. The van der Waals surface area contributed by atoms with Crippen LogP contribution in [0.2, 0.25) is 0 Å². The first-order valence-corrected chi connectivity index (χ1v) is 43.9. The molecule has 0 aliphatic carbocycles. The van der Waals surface area contributed by atoms with E-state index in [2.05, 4.69) is 76.3 Å². The lowest BCUT2D eigenvalue weighted by atomic mass is 10.0. The SMILES string of the molecule is CC/C=C\C/C=C\C/C=C\CCCCCCCC(=O)OCC(COP(=O)(O)OCC(O)COP(=O)(O)OCC(COC(=O)CCCCCCC/C=C\CCCCCCCC)OC(=O)CCCCCCCCCCCCCCCCC)OC(=O)CCCCCCCCCCCCCCCCC. The quantitative estimate of drug-likeness (QED) is 0.0169. The molecule has 0 rings (SSSR count). The predicted molar refractivity (Wildman–Crippen MR) is 409 cm³/mol. The highest BCUT2D eigenvalue weighted by Gasteiger charge is 2.30. The van der Waals surface area contributed by atoms with Crippen LogP contribution in [-0.4, -0.2) is 96.7 Å². The number of carbonyl (C=O) groups excluding carboxylic acids is 4. The highest BCUT2D eigenvalue weighted by molar-refractivity contribution is 7.47. The number of hydrogen-bond donors (Lipinski definition) is 3. The van der Waals surface area contributed by atoms with Crippen molar-refractivity contribution < 1.29 is 80.2 Å². The average molecular weight is 1460 g/mol. The Bertz CT molecular complexity index is 2080. The molecule has 3 N–H and O–H groups in total. The minimum Gasteiger partial charge on any atom is -0.462 e. The Labute approximate surface area is 610 Å². The standard InChI is InChI=1S/C81H150O17P2/c1-5-9-13-17-21-25-29-33-37-41-45-49-53-57-61-65-78(83)91-71-76(97-80(85)67-63-59-55-51-47-43-39-35-31-27-23-19-15-11-7-3)73-95-99(87,88)93-69-75(82)70-94-100(89,90)96-74-77(98-81(86)68-64-60-56-52-48-44-40-36-32-28-24-20-16-12-8-4)72-92-79(84)66-62-58-54-50-46-42-38-34-30-26-22-18-14-10-6-2/h9,13,21,25,33-34,37-38,75-77,82H,5-8,10-12,14-20,22-24,26-32,35-36,39-74H2,1-4H3,(H,87,88)(H,89,90)/b13-9-,25-21-,37-33-,38-34-. The van der Waals surface area contributed by atoms with Crippen molar-refractivity contribution in [3.05, 3.63) is 48.6 Å². The highest BCUT2D eigenvalue weighted by atomic mass is 31.2. The molecule has 100 heavy (non-hydrogen) atoms. The summed E-state index contributed by atoms with van der Waals surface area (Å²) in [6, 6.07) is 0. The summed E-state index contributed by atoms with van der Waals surface area (Å²) in [6.45, 7) is 4.83. The molecule has 0 saturated heterocycles. The second-order valence-corrected chi connectivity index (χ2v) is 30.6. The Kier molecular flexibility index (Phi) is 72.1. The first kappa shape index (κ1) is 97.0. The van der Waals surface area contributed by atoms with Crippen molar-refractivity contribution in [3.63, 3.8) is 0 Å². The number of hydrogen-bond acceptors (Lipinski definition) is 15. The molecule has 0 aliphatic heterocycles. The number of phosphoric ester groups is 2. The lowest BCUT2D eigenvalue weighted by Crippen LogP contribution is -2.30. The van der Waals surface area contributed by atoms with Gasteiger partial charge in [-0.1, -0.05) is 327 Å². The number of carbonyl (C=O) groups is 4. The molecule has 0 fully saturated rings. The molecule has 0 aromatic carbocycles. The van der Waals surface area contributed by atoms with Crippen molar-refractivity contribution in [2.24, 2.45) is 0 Å². The van der Waals surface area contributed by atoms with Crippen LogP contribution in [0.15, 0.2) is 48.6 Å². The van der Waals surface area contributed by atoms with Gasteiger partial charge in [0.15, 0.2) is 12.2 Å². The summed E-state index contributed by atoms with van der Waals surface area (Å²) >= 11 is 0. The smallest absolute Gasteiger partial charge is 0.462 e. The van der Waals surface area contributed by atoms with Gasteiger partial charge in [-0.05, 0) is 83.5 Å². The molecule has 17 nitrogen and oxygen atoms in total. The van der Waals surface area contributed by atoms with Crippen LogP contribution in [0.1, 0.15) is 387 Å². The normalized spacial score (nSPS) is 14.1. The lowest BCUT2D eigenvalue weighted by Gasteiger charge is -2.21. The van der Waals surface area contributed by atoms with E-state index >= 15 is 0 Å². The maximum atomic E-state index is 13.1. The molecule has 0 aliphatic rings. The van der Waals surface area contributed by atoms with Crippen LogP contribution in [-0.2, 0) is 65.4 Å². The number of aliphatic hydroxyl groups is 1. The molecule has 0 aromatic rings. The Morgan fingerprint density at radius 3 is 0.810 bits per heavy atom. The van der Waals surface area contributed by atoms with Crippen molar-refractivity contribution in [1.29, 1.82) is 0 Å². The third-order valence-corrected chi connectivity index (χ3v) is 19.7. The second-order valence-electron chi connectivity index (χ2n) is 27.7. The fourth-order valence-electron chi connectivity index (χ4n) is 11.6. The molecule has 5 atom stereocenters. The minimum atomic E-state index is -4.97. The van der Waals surface area contributed by atoms with E-state index < -0.39 is 97.5 Å². The number of rotatable bonds is 78. The topological polar surface area (TPSA) is 237 Å². The largest absolute Gasteiger partial charge is 0.472 e. The van der Waals surface area contributed by atoms with Crippen LogP contribution < -0.4 is 0 Å².